The molecular weight excluding hydrogens is 180 g/mol. The summed E-state index contributed by atoms with van der Waals surface area (Å²) in [6.45, 7) is 3.98. The van der Waals surface area contributed by atoms with Gasteiger partial charge in [-0.15, -0.1) is 0 Å². The molecule has 1 aromatic rings. The fourth-order valence-corrected chi connectivity index (χ4v) is 1.24. The lowest BCUT2D eigenvalue weighted by Gasteiger charge is -2.26. The second kappa shape index (κ2) is 3.79. The predicted octanol–water partition coefficient (Wildman–Crippen LogP) is 0.266. The van der Waals surface area contributed by atoms with E-state index in [1.807, 2.05) is 11.9 Å². The van der Waals surface area contributed by atoms with Crippen LogP contribution >= 0.6 is 0 Å². The van der Waals surface area contributed by atoms with Crippen LogP contribution in [0.4, 0.5) is 11.8 Å². The summed E-state index contributed by atoms with van der Waals surface area (Å²) in [5.41, 5.74) is 4.69. The summed E-state index contributed by atoms with van der Waals surface area (Å²) in [6, 6.07) is 1.75. The first kappa shape index (κ1) is 10.7. The highest BCUT2D eigenvalue weighted by atomic mass is 16.3. The normalized spacial score (nSPS) is 11.4. The highest BCUT2D eigenvalue weighted by Crippen LogP contribution is 2.12. The third-order valence-electron chi connectivity index (χ3n) is 1.67. The molecule has 1 rings (SSSR count). The summed E-state index contributed by atoms with van der Waals surface area (Å²) in [7, 11) is 1.85. The number of rotatable bonds is 3. The van der Waals surface area contributed by atoms with E-state index in [-0.39, 0.29) is 5.95 Å². The molecule has 0 atom stereocenters. The summed E-state index contributed by atoms with van der Waals surface area (Å²) in [6.07, 6.45) is 1.60. The van der Waals surface area contributed by atoms with Crippen molar-refractivity contribution < 1.29 is 5.11 Å². The molecule has 5 nitrogen and oxygen atoms in total. The van der Waals surface area contributed by atoms with Crippen molar-refractivity contribution in [1.29, 1.82) is 0 Å². The average molecular weight is 196 g/mol. The van der Waals surface area contributed by atoms with Crippen molar-refractivity contribution in [2.75, 3.05) is 24.2 Å². The molecule has 0 radical (unpaired) electrons. The van der Waals surface area contributed by atoms with Gasteiger partial charge in [0.15, 0.2) is 0 Å². The van der Waals surface area contributed by atoms with Gasteiger partial charge >= 0.3 is 0 Å². The van der Waals surface area contributed by atoms with Crippen molar-refractivity contribution in [2.24, 2.45) is 0 Å². The van der Waals surface area contributed by atoms with Gasteiger partial charge in [0.05, 0.1) is 5.60 Å². The molecule has 0 aromatic carbocycles. The molecule has 5 heteroatoms. The van der Waals surface area contributed by atoms with Crippen molar-refractivity contribution in [3.8, 4) is 0 Å². The Balaban J connectivity index is 2.74. The Morgan fingerprint density at radius 3 is 2.71 bits per heavy atom. The summed E-state index contributed by atoms with van der Waals surface area (Å²) >= 11 is 0. The standard InChI is InChI=1S/C9H16N4O/c1-9(2,14)6-13(3)7-4-5-11-8(10)12-7/h4-5,14H,6H2,1-3H3,(H2,10,11,12). The monoisotopic (exact) mass is 196 g/mol. The number of nitrogens with zero attached hydrogens (tertiary/aromatic N) is 3. The second-order valence-corrected chi connectivity index (χ2v) is 3.94. The number of likely N-dealkylation sites (N-methyl/N-ethyl adjacent to an activating group) is 1. The van der Waals surface area contributed by atoms with Crippen LogP contribution in [0.15, 0.2) is 12.3 Å². The first-order chi connectivity index (χ1) is 6.38. The maximum atomic E-state index is 9.60. The average Bonchev–Trinajstić information content (AvgIpc) is 2.01. The molecule has 0 bridgehead atoms. The molecule has 0 saturated carbocycles. The van der Waals surface area contributed by atoms with Crippen LogP contribution in [0.2, 0.25) is 0 Å². The Kier molecular flexibility index (Phi) is 2.90. The van der Waals surface area contributed by atoms with Crippen molar-refractivity contribution in [2.45, 2.75) is 19.4 Å². The Labute approximate surface area is 83.6 Å². The van der Waals surface area contributed by atoms with Gasteiger partial charge in [-0.3, -0.25) is 0 Å². The van der Waals surface area contributed by atoms with Crippen LogP contribution in [0.3, 0.4) is 0 Å². The maximum absolute atomic E-state index is 9.60. The number of nitrogen functional groups attached to an aromatic ring is 1. The smallest absolute Gasteiger partial charge is 0.221 e. The molecule has 3 N–H and O–H groups in total. The Morgan fingerprint density at radius 1 is 1.57 bits per heavy atom. The largest absolute Gasteiger partial charge is 0.389 e. The van der Waals surface area contributed by atoms with Crippen LogP contribution in [0, 0.1) is 0 Å². The SMILES string of the molecule is CN(CC(C)(C)O)c1ccnc(N)n1. The number of hydrogen-bond donors (Lipinski definition) is 2. The Hall–Kier alpha value is -1.36. The van der Waals surface area contributed by atoms with Crippen LogP contribution in [0.5, 0.6) is 0 Å². The maximum Gasteiger partial charge on any atom is 0.221 e. The quantitative estimate of drug-likeness (QED) is 0.725. The highest BCUT2D eigenvalue weighted by Gasteiger charge is 2.16. The molecule has 0 spiro atoms. The van der Waals surface area contributed by atoms with Gasteiger partial charge in [-0.25, -0.2) is 4.98 Å². The molecule has 0 saturated heterocycles. The second-order valence-electron chi connectivity index (χ2n) is 3.94. The molecule has 1 heterocycles. The van der Waals surface area contributed by atoms with Crippen molar-refractivity contribution in [3.05, 3.63) is 12.3 Å². The molecule has 0 amide bonds. The molecule has 0 unspecified atom stereocenters. The van der Waals surface area contributed by atoms with E-state index < -0.39 is 5.60 Å². The zero-order valence-electron chi connectivity index (χ0n) is 8.73. The minimum Gasteiger partial charge on any atom is -0.389 e. The number of aromatic nitrogens is 2. The van der Waals surface area contributed by atoms with Crippen molar-refractivity contribution >= 4 is 11.8 Å². The van der Waals surface area contributed by atoms with Gasteiger partial charge < -0.3 is 15.7 Å². The minimum atomic E-state index is -0.755. The molecule has 0 aliphatic heterocycles. The number of anilines is 2. The highest BCUT2D eigenvalue weighted by molar-refractivity contribution is 5.40. The number of hydrogen-bond acceptors (Lipinski definition) is 5. The minimum absolute atomic E-state index is 0.241. The van der Waals surface area contributed by atoms with Crippen molar-refractivity contribution in [1.82, 2.24) is 9.97 Å². The summed E-state index contributed by atoms with van der Waals surface area (Å²) in [4.78, 5) is 9.67. The third-order valence-corrected chi connectivity index (χ3v) is 1.67. The number of nitrogens with two attached hydrogens (primary N) is 1. The van der Waals surface area contributed by atoms with Crippen LogP contribution in [-0.4, -0.2) is 34.3 Å². The van der Waals surface area contributed by atoms with E-state index in [0.717, 1.165) is 0 Å². The van der Waals surface area contributed by atoms with Crippen LogP contribution in [-0.2, 0) is 0 Å². The molecule has 0 aliphatic rings. The number of aliphatic hydroxyl groups is 1. The molecule has 78 valence electrons. The first-order valence-corrected chi connectivity index (χ1v) is 4.40. The molecule has 0 fully saturated rings. The Morgan fingerprint density at radius 2 is 2.21 bits per heavy atom. The van der Waals surface area contributed by atoms with Crippen LogP contribution < -0.4 is 10.6 Å². The fourth-order valence-electron chi connectivity index (χ4n) is 1.24. The zero-order chi connectivity index (χ0) is 10.8. The van der Waals surface area contributed by atoms with Gasteiger partial charge in [-0.05, 0) is 19.9 Å². The zero-order valence-corrected chi connectivity index (χ0v) is 8.73. The van der Waals surface area contributed by atoms with Gasteiger partial charge in [-0.1, -0.05) is 0 Å². The lowest BCUT2D eigenvalue weighted by Crippen LogP contribution is -2.36. The van der Waals surface area contributed by atoms with E-state index >= 15 is 0 Å². The van der Waals surface area contributed by atoms with E-state index in [4.69, 9.17) is 5.73 Å². The first-order valence-electron chi connectivity index (χ1n) is 4.40. The van der Waals surface area contributed by atoms with Crippen LogP contribution in [0.25, 0.3) is 0 Å². The van der Waals surface area contributed by atoms with E-state index in [0.29, 0.717) is 12.4 Å². The van der Waals surface area contributed by atoms with E-state index in [9.17, 15) is 5.11 Å². The van der Waals surface area contributed by atoms with Gasteiger partial charge in [0.1, 0.15) is 5.82 Å². The lowest BCUT2D eigenvalue weighted by atomic mass is 10.1. The topological polar surface area (TPSA) is 75.3 Å². The fraction of sp³-hybridized carbons (Fsp3) is 0.556. The van der Waals surface area contributed by atoms with E-state index in [2.05, 4.69) is 9.97 Å². The van der Waals surface area contributed by atoms with Gasteiger partial charge in [0, 0.05) is 19.8 Å². The van der Waals surface area contributed by atoms with Crippen molar-refractivity contribution in [3.63, 3.8) is 0 Å². The van der Waals surface area contributed by atoms with E-state index in [1.54, 1.807) is 26.1 Å². The summed E-state index contributed by atoms with van der Waals surface area (Å²) in [5, 5.41) is 9.60. The predicted molar refractivity (Wildman–Crippen MR) is 56.0 cm³/mol. The van der Waals surface area contributed by atoms with E-state index in [1.165, 1.54) is 0 Å². The van der Waals surface area contributed by atoms with Crippen LogP contribution in [0.1, 0.15) is 13.8 Å². The molecular formula is C9H16N4O. The molecule has 14 heavy (non-hydrogen) atoms. The Bertz CT molecular complexity index is 308. The third kappa shape index (κ3) is 3.18. The van der Waals surface area contributed by atoms with Gasteiger partial charge in [0.2, 0.25) is 5.95 Å². The molecule has 1 aromatic heterocycles. The lowest BCUT2D eigenvalue weighted by molar-refractivity contribution is 0.0884. The molecule has 0 aliphatic carbocycles. The summed E-state index contributed by atoms with van der Waals surface area (Å²) < 4.78 is 0. The summed E-state index contributed by atoms with van der Waals surface area (Å²) in [5.74, 6) is 0.949. The van der Waals surface area contributed by atoms with Gasteiger partial charge in [0.25, 0.3) is 0 Å². The van der Waals surface area contributed by atoms with Gasteiger partial charge in [-0.2, -0.15) is 4.98 Å².